The smallest absolute Gasteiger partial charge is 0.000791 e. The molecule has 14 heavy (non-hydrogen) atoms. The molecule has 82 valence electrons. The summed E-state index contributed by atoms with van der Waals surface area (Å²) >= 11 is 0. The van der Waals surface area contributed by atoms with Gasteiger partial charge in [0.15, 0.2) is 0 Å². The zero-order valence-corrected chi connectivity index (χ0v) is 9.81. The lowest BCUT2D eigenvalue weighted by atomic mass is 9.80. The summed E-state index contributed by atoms with van der Waals surface area (Å²) in [6.45, 7) is 7.35. The quantitative estimate of drug-likeness (QED) is 0.677. The van der Waals surface area contributed by atoms with Gasteiger partial charge in [0.2, 0.25) is 0 Å². The van der Waals surface area contributed by atoms with Crippen molar-refractivity contribution in [2.24, 2.45) is 17.3 Å². The van der Waals surface area contributed by atoms with E-state index in [1.165, 1.54) is 51.6 Å². The molecule has 2 aliphatic rings. The van der Waals surface area contributed by atoms with Crippen molar-refractivity contribution in [1.82, 2.24) is 5.32 Å². The van der Waals surface area contributed by atoms with Gasteiger partial charge >= 0.3 is 0 Å². The van der Waals surface area contributed by atoms with E-state index in [9.17, 15) is 0 Å². The van der Waals surface area contributed by atoms with Crippen LogP contribution in [-0.4, -0.2) is 13.1 Å². The van der Waals surface area contributed by atoms with E-state index in [1.807, 2.05) is 0 Å². The van der Waals surface area contributed by atoms with Crippen LogP contribution in [0.4, 0.5) is 0 Å². The molecule has 1 saturated heterocycles. The molecule has 2 atom stereocenters. The van der Waals surface area contributed by atoms with Gasteiger partial charge in [0.1, 0.15) is 0 Å². The van der Waals surface area contributed by atoms with Gasteiger partial charge in [0.05, 0.1) is 0 Å². The minimum atomic E-state index is 0.700. The van der Waals surface area contributed by atoms with Crippen molar-refractivity contribution >= 4 is 0 Å². The molecule has 0 aromatic carbocycles. The lowest BCUT2D eigenvalue weighted by molar-refractivity contribution is 0.247. The average Bonchev–Trinajstić information content (AvgIpc) is 2.41. The molecule has 0 unspecified atom stereocenters. The average molecular weight is 195 g/mol. The highest BCUT2D eigenvalue weighted by molar-refractivity contribution is 4.92. The molecule has 2 fully saturated rings. The van der Waals surface area contributed by atoms with Gasteiger partial charge in [0.25, 0.3) is 0 Å². The summed E-state index contributed by atoms with van der Waals surface area (Å²) in [7, 11) is 0. The van der Waals surface area contributed by atoms with E-state index in [0.717, 1.165) is 11.8 Å². The van der Waals surface area contributed by atoms with Crippen LogP contribution < -0.4 is 5.32 Å². The molecule has 1 aliphatic heterocycles. The Morgan fingerprint density at radius 3 is 2.79 bits per heavy atom. The summed E-state index contributed by atoms with van der Waals surface area (Å²) in [6.07, 6.45) is 8.81. The topological polar surface area (TPSA) is 12.0 Å². The first-order valence-corrected chi connectivity index (χ1v) is 6.43. The number of rotatable bonds is 1. The normalized spacial score (nSPS) is 39.2. The Kier molecular flexibility index (Phi) is 3.16. The van der Waals surface area contributed by atoms with Crippen LogP contribution in [0.15, 0.2) is 0 Å². The highest BCUT2D eigenvalue weighted by Gasteiger charge is 2.39. The standard InChI is InChI=1S/C13H25N/c1-11(2)12-5-7-13(9-12)6-3-4-8-14-10-13/h11-12,14H,3-10H2,1-2H3/t12-,13-/m0/s1. The summed E-state index contributed by atoms with van der Waals surface area (Å²) in [5.74, 6) is 1.91. The van der Waals surface area contributed by atoms with Crippen molar-refractivity contribution in [3.8, 4) is 0 Å². The van der Waals surface area contributed by atoms with Crippen LogP contribution in [0.25, 0.3) is 0 Å². The van der Waals surface area contributed by atoms with Crippen molar-refractivity contribution in [3.05, 3.63) is 0 Å². The van der Waals surface area contributed by atoms with Crippen molar-refractivity contribution in [3.63, 3.8) is 0 Å². The maximum absolute atomic E-state index is 3.64. The molecule has 1 aliphatic carbocycles. The Balaban J connectivity index is 1.96. The monoisotopic (exact) mass is 195 g/mol. The number of hydrogen-bond donors (Lipinski definition) is 1. The van der Waals surface area contributed by atoms with E-state index in [0.29, 0.717) is 5.41 Å². The van der Waals surface area contributed by atoms with Gasteiger partial charge in [-0.2, -0.15) is 0 Å². The summed E-state index contributed by atoms with van der Waals surface area (Å²) in [5, 5.41) is 3.64. The minimum Gasteiger partial charge on any atom is -0.316 e. The predicted molar refractivity (Wildman–Crippen MR) is 61.3 cm³/mol. The Morgan fingerprint density at radius 2 is 2.07 bits per heavy atom. The van der Waals surface area contributed by atoms with Crippen molar-refractivity contribution in [1.29, 1.82) is 0 Å². The second-order valence-corrected chi connectivity index (χ2v) is 5.88. The summed E-state index contributed by atoms with van der Waals surface area (Å²) < 4.78 is 0. The first-order valence-electron chi connectivity index (χ1n) is 6.43. The van der Waals surface area contributed by atoms with E-state index in [4.69, 9.17) is 0 Å². The molecule has 0 aromatic heterocycles. The molecule has 1 nitrogen and oxygen atoms in total. The van der Waals surface area contributed by atoms with Crippen LogP contribution in [0.5, 0.6) is 0 Å². The first kappa shape index (κ1) is 10.5. The molecule has 0 radical (unpaired) electrons. The first-order chi connectivity index (χ1) is 6.72. The fourth-order valence-electron chi connectivity index (χ4n) is 3.40. The van der Waals surface area contributed by atoms with E-state index >= 15 is 0 Å². The van der Waals surface area contributed by atoms with Crippen molar-refractivity contribution in [2.75, 3.05) is 13.1 Å². The Hall–Kier alpha value is -0.0400. The maximum atomic E-state index is 3.64. The highest BCUT2D eigenvalue weighted by Crippen LogP contribution is 2.47. The SMILES string of the molecule is CC(C)[C@H]1CC[C@@]2(CCCCNC2)C1. The predicted octanol–water partition coefficient (Wildman–Crippen LogP) is 3.20. The van der Waals surface area contributed by atoms with E-state index in [-0.39, 0.29) is 0 Å². The molecule has 1 N–H and O–H groups in total. The van der Waals surface area contributed by atoms with Gasteiger partial charge in [-0.15, -0.1) is 0 Å². The van der Waals surface area contributed by atoms with E-state index in [1.54, 1.807) is 0 Å². The fraction of sp³-hybridized carbons (Fsp3) is 1.00. The third-order valence-electron chi connectivity index (χ3n) is 4.49. The van der Waals surface area contributed by atoms with Crippen LogP contribution in [0, 0.1) is 17.3 Å². The summed E-state index contributed by atoms with van der Waals surface area (Å²) in [5.41, 5.74) is 0.700. The third kappa shape index (κ3) is 2.13. The van der Waals surface area contributed by atoms with Crippen LogP contribution in [-0.2, 0) is 0 Å². The molecule has 1 heteroatoms. The molecule has 1 heterocycles. The highest BCUT2D eigenvalue weighted by atomic mass is 14.9. The summed E-state index contributed by atoms with van der Waals surface area (Å²) in [6, 6.07) is 0. The molecule has 1 spiro atoms. The number of hydrogen-bond acceptors (Lipinski definition) is 1. The molecular weight excluding hydrogens is 170 g/mol. The minimum absolute atomic E-state index is 0.700. The largest absolute Gasteiger partial charge is 0.316 e. The molecular formula is C13H25N. The molecule has 1 saturated carbocycles. The van der Waals surface area contributed by atoms with Gasteiger partial charge in [-0.1, -0.05) is 20.3 Å². The maximum Gasteiger partial charge on any atom is 0.000791 e. The van der Waals surface area contributed by atoms with E-state index in [2.05, 4.69) is 19.2 Å². The van der Waals surface area contributed by atoms with Gasteiger partial charge in [-0.25, -0.2) is 0 Å². The van der Waals surface area contributed by atoms with Gasteiger partial charge in [-0.3, -0.25) is 0 Å². The van der Waals surface area contributed by atoms with Crippen LogP contribution in [0.2, 0.25) is 0 Å². The van der Waals surface area contributed by atoms with Crippen molar-refractivity contribution < 1.29 is 0 Å². The Labute approximate surface area is 88.7 Å². The molecule has 2 rings (SSSR count). The van der Waals surface area contributed by atoms with Gasteiger partial charge in [0, 0.05) is 6.54 Å². The Bertz CT molecular complexity index is 178. The second kappa shape index (κ2) is 4.22. The fourth-order valence-corrected chi connectivity index (χ4v) is 3.40. The zero-order chi connectivity index (χ0) is 10.0. The van der Waals surface area contributed by atoms with Crippen LogP contribution in [0.3, 0.4) is 0 Å². The third-order valence-corrected chi connectivity index (χ3v) is 4.49. The molecule has 0 bridgehead atoms. The summed E-state index contributed by atoms with van der Waals surface area (Å²) in [4.78, 5) is 0. The van der Waals surface area contributed by atoms with Gasteiger partial charge < -0.3 is 5.32 Å². The molecule has 0 aromatic rings. The number of nitrogens with one attached hydrogen (secondary N) is 1. The zero-order valence-electron chi connectivity index (χ0n) is 9.81. The lowest BCUT2D eigenvalue weighted by Gasteiger charge is -2.28. The second-order valence-electron chi connectivity index (χ2n) is 5.88. The lowest BCUT2D eigenvalue weighted by Crippen LogP contribution is -2.30. The van der Waals surface area contributed by atoms with E-state index < -0.39 is 0 Å². The van der Waals surface area contributed by atoms with Crippen molar-refractivity contribution in [2.45, 2.75) is 52.4 Å². The van der Waals surface area contributed by atoms with Crippen LogP contribution >= 0.6 is 0 Å². The van der Waals surface area contributed by atoms with Gasteiger partial charge in [-0.05, 0) is 55.9 Å². The molecule has 0 amide bonds. The Morgan fingerprint density at radius 1 is 1.21 bits per heavy atom. The van der Waals surface area contributed by atoms with Crippen LogP contribution in [0.1, 0.15) is 52.4 Å².